The summed E-state index contributed by atoms with van der Waals surface area (Å²) in [5, 5.41) is 13.9. The molecule has 2 aromatic heterocycles. The number of carbonyl (C=O) groups is 1. The number of aliphatic hydroxyl groups is 1. The summed E-state index contributed by atoms with van der Waals surface area (Å²) in [6.45, 7) is -1.05. The van der Waals surface area contributed by atoms with Gasteiger partial charge in [-0.1, -0.05) is 12.1 Å². The van der Waals surface area contributed by atoms with Crippen LogP contribution < -0.4 is 10.9 Å². The maximum atomic E-state index is 13.0. The molecule has 3 heterocycles. The Hall–Kier alpha value is -2.83. The molecule has 224 valence electrons. The number of hydrogen-bond acceptors (Lipinski definition) is 14. The van der Waals surface area contributed by atoms with Crippen molar-refractivity contribution in [2.45, 2.75) is 24.5 Å². The fourth-order valence-electron chi connectivity index (χ4n) is 3.82. The Labute approximate surface area is 228 Å². The lowest BCUT2D eigenvalue weighted by atomic mass is 10.1. The van der Waals surface area contributed by atoms with E-state index in [0.29, 0.717) is 5.69 Å². The summed E-state index contributed by atoms with van der Waals surface area (Å²) < 4.78 is 59.0. The zero-order valence-electron chi connectivity index (χ0n) is 20.5. The van der Waals surface area contributed by atoms with Gasteiger partial charge in [0.25, 0.3) is 5.56 Å². The van der Waals surface area contributed by atoms with Crippen LogP contribution >= 0.6 is 23.5 Å². The van der Waals surface area contributed by atoms with Gasteiger partial charge in [0, 0.05) is 12.7 Å². The van der Waals surface area contributed by atoms with E-state index >= 15 is 0 Å². The number of aromatic amines is 1. The van der Waals surface area contributed by atoms with Gasteiger partial charge in [-0.3, -0.25) is 13.9 Å². The first kappa shape index (κ1) is 31.1. The van der Waals surface area contributed by atoms with Crippen LogP contribution in [0.4, 0.5) is 5.69 Å². The second-order valence-electron chi connectivity index (χ2n) is 8.16. The largest absolute Gasteiger partial charge is 0.490 e. The number of benzene rings is 1. The third-order valence-electron chi connectivity index (χ3n) is 5.43. The third kappa shape index (κ3) is 7.34. The summed E-state index contributed by atoms with van der Waals surface area (Å²) in [6, 6.07) is 6.15. The highest BCUT2D eigenvalue weighted by atomic mass is 31.3. The lowest BCUT2D eigenvalue weighted by Gasteiger charge is -2.22. The maximum Gasteiger partial charge on any atom is 0.490 e. The van der Waals surface area contributed by atoms with E-state index in [1.165, 1.54) is 12.1 Å². The molecule has 1 aliphatic heterocycles. The van der Waals surface area contributed by atoms with Gasteiger partial charge in [-0.25, -0.2) is 28.5 Å². The predicted molar refractivity (Wildman–Crippen MR) is 133 cm³/mol. The van der Waals surface area contributed by atoms with Gasteiger partial charge < -0.3 is 44.5 Å². The number of H-pyrrole nitrogens is 1. The van der Waals surface area contributed by atoms with Gasteiger partial charge in [0.2, 0.25) is 0 Å². The van der Waals surface area contributed by atoms with Gasteiger partial charge in [0.1, 0.15) is 12.2 Å². The summed E-state index contributed by atoms with van der Waals surface area (Å²) in [4.78, 5) is 71.8. The average Bonchev–Trinajstić information content (AvgIpc) is 3.42. The number of imidazole rings is 1. The minimum atomic E-state index is -5.82. The number of phosphoric ester groups is 1. The molecule has 0 bridgehead atoms. The van der Waals surface area contributed by atoms with Crippen molar-refractivity contribution in [1.29, 1.82) is 0 Å². The van der Waals surface area contributed by atoms with Crippen LogP contribution in [0.3, 0.4) is 0 Å². The van der Waals surface area contributed by atoms with Gasteiger partial charge in [-0.2, -0.15) is 8.62 Å². The highest BCUT2D eigenvalue weighted by molar-refractivity contribution is 7.66. The second-order valence-corrected chi connectivity index (χ2v) is 12.6. The van der Waals surface area contributed by atoms with Crippen LogP contribution in [0.5, 0.6) is 0 Å². The molecule has 7 N–H and O–H groups in total. The molecule has 4 rings (SSSR count). The number of aliphatic hydroxyl groups excluding tert-OH is 1. The molecule has 0 radical (unpaired) electrons. The van der Waals surface area contributed by atoms with Gasteiger partial charge >= 0.3 is 29.4 Å². The number of phosphoric acid groups is 3. The number of hydrogen-bond donors (Lipinski definition) is 7. The molecule has 1 saturated heterocycles. The predicted octanol–water partition coefficient (Wildman–Crippen LogP) is -0.0115. The van der Waals surface area contributed by atoms with E-state index in [2.05, 4.69) is 33.4 Å². The Balaban J connectivity index is 1.60. The lowest BCUT2D eigenvalue weighted by molar-refractivity contribution is -0.0520. The first-order chi connectivity index (χ1) is 19.1. The minimum absolute atomic E-state index is 0.0403. The number of esters is 1. The minimum Gasteiger partial charge on any atom is -0.453 e. The van der Waals surface area contributed by atoms with Crippen LogP contribution in [-0.2, 0) is 36.3 Å². The average molecular weight is 641 g/mol. The molecule has 41 heavy (non-hydrogen) atoms. The van der Waals surface area contributed by atoms with E-state index in [4.69, 9.17) is 19.3 Å². The first-order valence-electron chi connectivity index (χ1n) is 11.1. The number of para-hydroxylation sites is 1. The fraction of sp³-hybridized carbons (Fsp3) is 0.333. The fourth-order valence-corrected chi connectivity index (χ4v) is 6.85. The van der Waals surface area contributed by atoms with Crippen LogP contribution in [0.25, 0.3) is 11.2 Å². The van der Waals surface area contributed by atoms with Crippen molar-refractivity contribution >= 4 is 46.3 Å². The molecule has 1 fully saturated rings. The SMILES string of the molecule is CNc1ccccc1C(=O)O[C@H]1[C@@H](O)[C@H](n2cnc3c(=O)[nH]cnc32)O[C@@H]1COP(=O)(O)OP(=O)(O)OP(=O)(O)O. The second kappa shape index (κ2) is 11.8. The molecule has 1 aliphatic rings. The van der Waals surface area contributed by atoms with Gasteiger partial charge in [-0.05, 0) is 12.1 Å². The van der Waals surface area contributed by atoms with Gasteiger partial charge in [0.15, 0.2) is 23.5 Å². The zero-order valence-corrected chi connectivity index (χ0v) is 23.2. The maximum absolute atomic E-state index is 13.0. The number of fused-ring (bicyclic) bond motifs is 1. The topological polar surface area (TPSA) is 291 Å². The zero-order chi connectivity index (χ0) is 30.2. The Morgan fingerprint density at radius 1 is 1.12 bits per heavy atom. The van der Waals surface area contributed by atoms with E-state index in [-0.39, 0.29) is 16.7 Å². The van der Waals surface area contributed by atoms with Gasteiger partial charge in [0.05, 0.1) is 24.8 Å². The molecule has 1 aromatic carbocycles. The summed E-state index contributed by atoms with van der Waals surface area (Å²) in [5.74, 6) is -0.961. The number of carbonyl (C=O) groups excluding carboxylic acids is 1. The molecular weight excluding hydrogens is 619 g/mol. The Kier molecular flexibility index (Phi) is 8.96. The number of nitrogens with zero attached hydrogens (tertiary/aromatic N) is 3. The first-order valence-corrected chi connectivity index (χ1v) is 15.6. The smallest absolute Gasteiger partial charge is 0.453 e. The molecular formula is C18H22N5O15P3. The van der Waals surface area contributed by atoms with Gasteiger partial charge in [-0.15, -0.1) is 0 Å². The van der Waals surface area contributed by atoms with Crippen LogP contribution in [0, 0.1) is 0 Å². The van der Waals surface area contributed by atoms with E-state index in [9.17, 15) is 38.2 Å². The number of ether oxygens (including phenoxy) is 2. The highest BCUT2D eigenvalue weighted by Crippen LogP contribution is 2.66. The van der Waals surface area contributed by atoms with E-state index < -0.39 is 66.1 Å². The van der Waals surface area contributed by atoms with Crippen molar-refractivity contribution in [3.63, 3.8) is 0 Å². The number of nitrogens with one attached hydrogen (secondary N) is 2. The van der Waals surface area contributed by atoms with Crippen molar-refractivity contribution in [2.75, 3.05) is 19.0 Å². The van der Waals surface area contributed by atoms with Crippen LogP contribution in [0.2, 0.25) is 0 Å². The van der Waals surface area contributed by atoms with Crippen LogP contribution in [0.1, 0.15) is 16.6 Å². The molecule has 23 heteroatoms. The van der Waals surface area contributed by atoms with E-state index in [0.717, 1.165) is 17.2 Å². The third-order valence-corrected chi connectivity index (χ3v) is 9.23. The molecule has 2 unspecified atom stereocenters. The number of rotatable bonds is 11. The molecule has 3 aromatic rings. The summed E-state index contributed by atoms with van der Waals surface area (Å²) in [6.07, 6.45) is -4.24. The van der Waals surface area contributed by atoms with Crippen LogP contribution in [-0.4, -0.2) is 82.1 Å². The molecule has 0 aliphatic carbocycles. The van der Waals surface area contributed by atoms with Crippen molar-refractivity contribution in [2.24, 2.45) is 0 Å². The molecule has 20 nitrogen and oxygen atoms in total. The van der Waals surface area contributed by atoms with Crippen molar-refractivity contribution in [3.05, 3.63) is 52.8 Å². The lowest BCUT2D eigenvalue weighted by Crippen LogP contribution is -2.38. The monoisotopic (exact) mass is 641 g/mol. The standard InChI is InChI=1S/C18H22N5O15P3/c1-19-10-5-3-2-4-9(10)18(26)36-14-11(6-34-40(30,31)38-41(32,33)37-39(27,28)29)35-17(13(14)24)23-8-22-12-15(23)20-7-21-16(12)25/h2-5,7-8,11,13-14,17,19,24H,6H2,1H3,(H,30,31)(H,32,33)(H,20,21,25)(H2,27,28,29)/t11-,13-,14-,17-/m1/s1. The summed E-state index contributed by atoms with van der Waals surface area (Å²) in [7, 11) is -15.5. The van der Waals surface area contributed by atoms with Crippen molar-refractivity contribution in [1.82, 2.24) is 19.5 Å². The van der Waals surface area contributed by atoms with E-state index in [1.807, 2.05) is 0 Å². The van der Waals surface area contributed by atoms with Crippen molar-refractivity contribution in [3.8, 4) is 0 Å². The summed E-state index contributed by atoms with van der Waals surface area (Å²) in [5.41, 5.74) is -0.389. The molecule has 0 saturated carbocycles. The quantitative estimate of drug-likeness (QED) is 0.107. The normalized spacial score (nSPS) is 24.0. The van der Waals surface area contributed by atoms with Crippen LogP contribution in [0.15, 0.2) is 41.7 Å². The Morgan fingerprint density at radius 2 is 1.83 bits per heavy atom. The number of anilines is 1. The van der Waals surface area contributed by atoms with E-state index in [1.54, 1.807) is 19.2 Å². The Morgan fingerprint density at radius 3 is 2.51 bits per heavy atom. The molecule has 0 amide bonds. The summed E-state index contributed by atoms with van der Waals surface area (Å²) >= 11 is 0. The van der Waals surface area contributed by atoms with Crippen molar-refractivity contribution < 1.29 is 65.8 Å². The highest BCUT2D eigenvalue weighted by Gasteiger charge is 2.49. The molecule has 6 atom stereocenters. The Bertz CT molecular complexity index is 1640. The molecule has 0 spiro atoms. The number of aromatic nitrogens is 4.